The highest BCUT2D eigenvalue weighted by atomic mass is 35.5. The average molecular weight is 304 g/mol. The molecule has 3 aromatic rings. The fourth-order valence-corrected chi connectivity index (χ4v) is 2.22. The van der Waals surface area contributed by atoms with Crippen molar-refractivity contribution in [2.24, 2.45) is 0 Å². The van der Waals surface area contributed by atoms with Crippen LogP contribution in [0.25, 0.3) is 17.1 Å². The van der Waals surface area contributed by atoms with Gasteiger partial charge in [0.15, 0.2) is 5.82 Å². The second kappa shape index (κ2) is 5.14. The summed E-state index contributed by atoms with van der Waals surface area (Å²) >= 11 is 5.81. The minimum Gasteiger partial charge on any atom is -0.398 e. The first-order chi connectivity index (χ1) is 10.1. The normalized spacial score (nSPS) is 10.8. The lowest BCUT2D eigenvalue weighted by Gasteiger charge is -2.09. The van der Waals surface area contributed by atoms with Crippen LogP contribution in [0.15, 0.2) is 36.4 Å². The van der Waals surface area contributed by atoms with Gasteiger partial charge in [0.05, 0.1) is 10.7 Å². The highest BCUT2D eigenvalue weighted by Gasteiger charge is 2.14. The molecule has 0 fully saturated rings. The number of anilines is 1. The summed E-state index contributed by atoms with van der Waals surface area (Å²) in [7, 11) is 0. The molecule has 106 valence electrons. The number of nitrogen functional groups attached to an aromatic ring is 1. The van der Waals surface area contributed by atoms with E-state index in [1.165, 1.54) is 16.8 Å². The van der Waals surface area contributed by atoms with E-state index in [0.29, 0.717) is 17.2 Å². The fourth-order valence-electron chi connectivity index (χ4n) is 2.04. The van der Waals surface area contributed by atoms with E-state index in [1.54, 1.807) is 6.07 Å². The lowest BCUT2D eigenvalue weighted by molar-refractivity contribution is 0.627. The predicted molar refractivity (Wildman–Crippen MR) is 78.7 cm³/mol. The fraction of sp³-hybridized carbons (Fsp3) is 0.0714. The van der Waals surface area contributed by atoms with Crippen molar-refractivity contribution in [3.05, 3.63) is 52.8 Å². The van der Waals surface area contributed by atoms with Crippen LogP contribution in [-0.2, 0) is 0 Å². The van der Waals surface area contributed by atoms with Crippen molar-refractivity contribution in [3.8, 4) is 17.1 Å². The maximum atomic E-state index is 13.3. The molecule has 0 bridgehead atoms. The van der Waals surface area contributed by atoms with Gasteiger partial charge in [0.25, 0.3) is 0 Å². The van der Waals surface area contributed by atoms with Crippen molar-refractivity contribution in [3.63, 3.8) is 0 Å². The lowest BCUT2D eigenvalue weighted by Crippen LogP contribution is -2.02. The van der Waals surface area contributed by atoms with E-state index in [2.05, 4.69) is 15.5 Å². The molecule has 5 nitrogen and oxygen atoms in total. The number of nitrogens with two attached hydrogens (primary N) is 1. The van der Waals surface area contributed by atoms with E-state index in [9.17, 15) is 4.39 Å². The molecule has 1 aromatic heterocycles. The van der Waals surface area contributed by atoms with Crippen molar-refractivity contribution in [1.82, 2.24) is 20.2 Å². The Balaban J connectivity index is 2.17. The molecule has 0 aliphatic rings. The molecule has 0 spiro atoms. The van der Waals surface area contributed by atoms with Crippen LogP contribution < -0.4 is 5.73 Å². The Labute approximate surface area is 125 Å². The summed E-state index contributed by atoms with van der Waals surface area (Å²) in [4.78, 5) is 0. The molecule has 21 heavy (non-hydrogen) atoms. The monoisotopic (exact) mass is 303 g/mol. The Bertz CT molecular complexity index is 815. The van der Waals surface area contributed by atoms with Crippen LogP contribution in [0.2, 0.25) is 5.02 Å². The van der Waals surface area contributed by atoms with E-state index >= 15 is 0 Å². The van der Waals surface area contributed by atoms with Crippen LogP contribution in [0.3, 0.4) is 0 Å². The largest absolute Gasteiger partial charge is 0.398 e. The van der Waals surface area contributed by atoms with Gasteiger partial charge in [-0.25, -0.2) is 4.39 Å². The van der Waals surface area contributed by atoms with Crippen LogP contribution in [0.1, 0.15) is 5.56 Å². The molecule has 0 saturated heterocycles. The lowest BCUT2D eigenvalue weighted by atomic mass is 10.1. The molecule has 0 saturated carbocycles. The predicted octanol–water partition coefficient (Wildman–Crippen LogP) is 3.01. The molecule has 0 radical (unpaired) electrons. The van der Waals surface area contributed by atoms with E-state index < -0.39 is 5.82 Å². The summed E-state index contributed by atoms with van der Waals surface area (Å²) in [6.45, 7) is 1.89. The van der Waals surface area contributed by atoms with E-state index in [1.807, 2.05) is 25.1 Å². The number of aromatic nitrogens is 4. The van der Waals surface area contributed by atoms with Gasteiger partial charge in [-0.1, -0.05) is 23.7 Å². The summed E-state index contributed by atoms with van der Waals surface area (Å²) in [6.07, 6.45) is 0. The first kappa shape index (κ1) is 13.5. The van der Waals surface area contributed by atoms with Crippen LogP contribution in [0.4, 0.5) is 10.1 Å². The third-order valence-electron chi connectivity index (χ3n) is 3.23. The zero-order chi connectivity index (χ0) is 15.0. The smallest absolute Gasteiger partial charge is 0.187 e. The van der Waals surface area contributed by atoms with Gasteiger partial charge in [0.2, 0.25) is 0 Å². The van der Waals surface area contributed by atoms with Crippen LogP contribution >= 0.6 is 11.6 Å². The number of tetrazole rings is 1. The van der Waals surface area contributed by atoms with E-state index in [-0.39, 0.29) is 5.02 Å². The molecule has 0 aliphatic heterocycles. The van der Waals surface area contributed by atoms with Gasteiger partial charge >= 0.3 is 0 Å². The molecule has 7 heteroatoms. The third kappa shape index (κ3) is 2.34. The topological polar surface area (TPSA) is 69.6 Å². The molecule has 0 unspecified atom stereocenters. The first-order valence-corrected chi connectivity index (χ1v) is 6.55. The molecular weight excluding hydrogens is 293 g/mol. The van der Waals surface area contributed by atoms with Crippen molar-refractivity contribution in [1.29, 1.82) is 0 Å². The summed E-state index contributed by atoms with van der Waals surface area (Å²) in [5.74, 6) is 0.0256. The second-order valence-corrected chi connectivity index (χ2v) is 4.94. The van der Waals surface area contributed by atoms with Crippen molar-refractivity contribution in [2.45, 2.75) is 6.92 Å². The number of hydrogen-bond donors (Lipinski definition) is 1. The summed E-state index contributed by atoms with van der Waals surface area (Å²) in [5.41, 5.74) is 8.82. The van der Waals surface area contributed by atoms with Gasteiger partial charge in [-0.3, -0.25) is 0 Å². The Kier molecular flexibility index (Phi) is 3.31. The molecule has 2 aromatic carbocycles. The first-order valence-electron chi connectivity index (χ1n) is 6.17. The van der Waals surface area contributed by atoms with Crippen molar-refractivity contribution >= 4 is 17.3 Å². The number of rotatable bonds is 2. The number of halogens is 2. The second-order valence-electron chi connectivity index (χ2n) is 4.53. The van der Waals surface area contributed by atoms with Crippen LogP contribution in [0.5, 0.6) is 0 Å². The molecule has 3 rings (SSSR count). The molecular formula is C14H11ClFN5. The van der Waals surface area contributed by atoms with Crippen LogP contribution in [0, 0.1) is 12.7 Å². The summed E-state index contributed by atoms with van der Waals surface area (Å²) in [5, 5.41) is 11.7. The van der Waals surface area contributed by atoms with E-state index in [4.69, 9.17) is 17.3 Å². The maximum absolute atomic E-state index is 13.3. The Morgan fingerprint density at radius 3 is 2.81 bits per heavy atom. The van der Waals surface area contributed by atoms with Gasteiger partial charge in [0, 0.05) is 11.3 Å². The van der Waals surface area contributed by atoms with Crippen molar-refractivity contribution in [2.75, 3.05) is 5.73 Å². The van der Waals surface area contributed by atoms with Gasteiger partial charge < -0.3 is 5.73 Å². The van der Waals surface area contributed by atoms with E-state index in [0.717, 1.165) is 11.1 Å². The summed E-state index contributed by atoms with van der Waals surface area (Å²) in [6, 6.07) is 9.81. The Morgan fingerprint density at radius 1 is 1.24 bits per heavy atom. The zero-order valence-electron chi connectivity index (χ0n) is 11.1. The minimum absolute atomic E-state index is 0.0123. The number of benzene rings is 2. The van der Waals surface area contributed by atoms with Crippen LogP contribution in [-0.4, -0.2) is 20.2 Å². The van der Waals surface area contributed by atoms with Gasteiger partial charge in [-0.2, -0.15) is 4.68 Å². The van der Waals surface area contributed by atoms with Crippen molar-refractivity contribution < 1.29 is 4.39 Å². The third-order valence-corrected chi connectivity index (χ3v) is 3.52. The van der Waals surface area contributed by atoms with Gasteiger partial charge in [-0.05, 0) is 47.2 Å². The molecule has 2 N–H and O–H groups in total. The van der Waals surface area contributed by atoms with Gasteiger partial charge in [-0.15, -0.1) is 5.10 Å². The molecule has 0 atom stereocenters. The quantitative estimate of drug-likeness (QED) is 0.739. The standard InChI is InChI=1S/C14H11ClFN5/c1-8-10(3-2-4-13(8)17)14-18-19-20-21(14)9-5-6-12(16)11(15)7-9/h2-7H,17H2,1H3. The Morgan fingerprint density at radius 2 is 2.05 bits per heavy atom. The average Bonchev–Trinajstić information content (AvgIpc) is 2.94. The highest BCUT2D eigenvalue weighted by Crippen LogP contribution is 2.27. The number of hydrogen-bond acceptors (Lipinski definition) is 4. The maximum Gasteiger partial charge on any atom is 0.187 e. The molecule has 1 heterocycles. The molecule has 0 aliphatic carbocycles. The zero-order valence-corrected chi connectivity index (χ0v) is 11.8. The summed E-state index contributed by atoms with van der Waals surface area (Å²) < 4.78 is 14.8. The Hall–Kier alpha value is -2.47. The van der Waals surface area contributed by atoms with Gasteiger partial charge in [0.1, 0.15) is 5.82 Å². The highest BCUT2D eigenvalue weighted by molar-refractivity contribution is 6.30. The minimum atomic E-state index is -0.491. The number of nitrogens with zero attached hydrogens (tertiary/aromatic N) is 4. The SMILES string of the molecule is Cc1c(N)cccc1-c1nnnn1-c1ccc(F)c(Cl)c1. The molecule has 0 amide bonds.